The van der Waals surface area contributed by atoms with Crippen LogP contribution in [0, 0.1) is 12.7 Å². The van der Waals surface area contributed by atoms with Crippen molar-refractivity contribution in [3.63, 3.8) is 0 Å². The Hall–Kier alpha value is -4.52. The number of rotatable bonds is 6. The van der Waals surface area contributed by atoms with Gasteiger partial charge in [-0.25, -0.2) is 14.1 Å². The topological polar surface area (TPSA) is 64.7 Å². The number of para-hydroxylation sites is 1. The number of amides is 1. The van der Waals surface area contributed by atoms with Crippen molar-refractivity contribution in [2.45, 2.75) is 13.0 Å². The van der Waals surface area contributed by atoms with Crippen molar-refractivity contribution in [3.8, 4) is 16.9 Å². The minimum atomic E-state index is -0.575. The van der Waals surface area contributed by atoms with Crippen LogP contribution in [0.25, 0.3) is 16.9 Å². The molecule has 2 heterocycles. The van der Waals surface area contributed by atoms with E-state index in [1.54, 1.807) is 29.2 Å². The molecule has 1 atom stereocenters. The first-order valence-corrected chi connectivity index (χ1v) is 11.3. The molecule has 0 spiro atoms. The van der Waals surface area contributed by atoms with Crippen molar-refractivity contribution in [2.75, 3.05) is 0 Å². The van der Waals surface area contributed by atoms with Crippen molar-refractivity contribution in [1.82, 2.24) is 24.6 Å². The van der Waals surface area contributed by atoms with E-state index < -0.39 is 6.04 Å². The zero-order valence-corrected chi connectivity index (χ0v) is 19.4. The maximum Gasteiger partial charge on any atom is 0.255 e. The van der Waals surface area contributed by atoms with Gasteiger partial charge in [0, 0.05) is 31.2 Å². The number of benzene rings is 3. The summed E-state index contributed by atoms with van der Waals surface area (Å²) >= 11 is 0. The van der Waals surface area contributed by atoms with E-state index in [4.69, 9.17) is 5.10 Å². The molecule has 1 N–H and O–H groups in total. The van der Waals surface area contributed by atoms with Crippen LogP contribution in [0.1, 0.15) is 33.4 Å². The number of halogens is 1. The molecule has 5 rings (SSSR count). The minimum absolute atomic E-state index is 0.305. The van der Waals surface area contributed by atoms with Crippen LogP contribution in [-0.4, -0.2) is 25.2 Å². The third-order valence-electron chi connectivity index (χ3n) is 5.90. The lowest BCUT2D eigenvalue weighted by atomic mass is 10.0. The number of hydrogen-bond acceptors (Lipinski definition) is 3. The molecular formula is C28H24FN5O. The van der Waals surface area contributed by atoms with Crippen LogP contribution in [0.2, 0.25) is 0 Å². The first-order valence-electron chi connectivity index (χ1n) is 11.3. The lowest BCUT2D eigenvalue weighted by molar-refractivity contribution is 0.0942. The Balaban J connectivity index is 1.57. The van der Waals surface area contributed by atoms with Gasteiger partial charge < -0.3 is 9.88 Å². The molecule has 3 aromatic carbocycles. The van der Waals surface area contributed by atoms with Gasteiger partial charge in [0.15, 0.2) is 0 Å². The molecule has 7 heteroatoms. The van der Waals surface area contributed by atoms with Crippen molar-refractivity contribution in [3.05, 3.63) is 126 Å². The Morgan fingerprint density at radius 2 is 1.69 bits per heavy atom. The van der Waals surface area contributed by atoms with Gasteiger partial charge in [0.05, 0.1) is 11.3 Å². The molecule has 0 aliphatic heterocycles. The summed E-state index contributed by atoms with van der Waals surface area (Å²) in [5.74, 6) is -0.0122. The first-order chi connectivity index (χ1) is 17.0. The third kappa shape index (κ3) is 4.61. The molecule has 0 saturated carbocycles. The van der Waals surface area contributed by atoms with E-state index in [-0.39, 0.29) is 11.7 Å². The number of aryl methyl sites for hydroxylation is 2. The minimum Gasteiger partial charge on any atom is -0.338 e. The number of nitrogens with one attached hydrogen (secondary N) is 1. The number of aromatic nitrogens is 4. The molecule has 6 nitrogen and oxygen atoms in total. The summed E-state index contributed by atoms with van der Waals surface area (Å²) in [6, 6.07) is 23.0. The Morgan fingerprint density at radius 3 is 2.34 bits per heavy atom. The number of carbonyl (C=O) groups excluding carboxylic acids is 1. The summed E-state index contributed by atoms with van der Waals surface area (Å²) in [4.78, 5) is 18.2. The first kappa shape index (κ1) is 22.3. The van der Waals surface area contributed by atoms with Gasteiger partial charge in [0.2, 0.25) is 0 Å². The van der Waals surface area contributed by atoms with Gasteiger partial charge in [0.25, 0.3) is 5.91 Å². The normalized spacial score (nSPS) is 11.9. The largest absolute Gasteiger partial charge is 0.338 e. The van der Waals surface area contributed by atoms with Crippen molar-refractivity contribution in [2.24, 2.45) is 7.05 Å². The maximum atomic E-state index is 13.7. The maximum absolute atomic E-state index is 13.7. The van der Waals surface area contributed by atoms with Gasteiger partial charge in [-0.15, -0.1) is 0 Å². The average molecular weight is 466 g/mol. The fraction of sp³-hybridized carbons (Fsp3) is 0.107. The van der Waals surface area contributed by atoms with E-state index in [2.05, 4.69) is 10.3 Å². The van der Waals surface area contributed by atoms with Crippen molar-refractivity contribution in [1.29, 1.82) is 0 Å². The highest BCUT2D eigenvalue weighted by Gasteiger charge is 2.25. The Labute approximate surface area is 202 Å². The Kier molecular flexibility index (Phi) is 5.97. The third-order valence-corrected chi connectivity index (χ3v) is 5.90. The fourth-order valence-electron chi connectivity index (χ4n) is 3.99. The number of imidazole rings is 1. The monoisotopic (exact) mass is 465 g/mol. The standard InChI is InChI=1S/C28H24FN5O/c1-19-8-10-20(11-9-19)25-24(18-34(32-25)23-6-4-3-5-7-23)28(35)31-26(27-30-16-17-33(27)2)21-12-14-22(29)15-13-21/h3-18,26H,1-2H3,(H,31,35)/t26-/m0/s1. The number of hydrogen-bond donors (Lipinski definition) is 1. The van der Waals surface area contributed by atoms with Crippen LogP contribution >= 0.6 is 0 Å². The van der Waals surface area contributed by atoms with Crippen molar-refractivity contribution >= 4 is 5.91 Å². The second kappa shape index (κ2) is 9.38. The van der Waals surface area contributed by atoms with Gasteiger partial charge in [-0.2, -0.15) is 5.10 Å². The molecule has 5 aromatic rings. The molecule has 0 unspecified atom stereocenters. The van der Waals surface area contributed by atoms with Crippen LogP contribution in [-0.2, 0) is 7.05 Å². The molecule has 2 aromatic heterocycles. The van der Waals surface area contributed by atoms with Gasteiger partial charge in [0.1, 0.15) is 23.4 Å². The van der Waals surface area contributed by atoms with E-state index in [1.807, 2.05) is 79.3 Å². The van der Waals surface area contributed by atoms with E-state index >= 15 is 0 Å². The second-order valence-electron chi connectivity index (χ2n) is 8.39. The van der Waals surface area contributed by atoms with Crippen LogP contribution in [0.15, 0.2) is 97.5 Å². The van der Waals surface area contributed by atoms with Gasteiger partial charge in [-0.05, 0) is 36.8 Å². The highest BCUT2D eigenvalue weighted by Crippen LogP contribution is 2.27. The summed E-state index contributed by atoms with van der Waals surface area (Å²) in [7, 11) is 1.86. The molecular weight excluding hydrogens is 441 g/mol. The van der Waals surface area contributed by atoms with Crippen LogP contribution in [0.4, 0.5) is 4.39 Å². The molecule has 174 valence electrons. The summed E-state index contributed by atoms with van der Waals surface area (Å²) in [5, 5.41) is 7.86. The molecule has 0 fully saturated rings. The zero-order valence-electron chi connectivity index (χ0n) is 19.4. The highest BCUT2D eigenvalue weighted by molar-refractivity contribution is 6.00. The molecule has 35 heavy (non-hydrogen) atoms. The quantitative estimate of drug-likeness (QED) is 0.373. The van der Waals surface area contributed by atoms with E-state index in [9.17, 15) is 9.18 Å². The van der Waals surface area contributed by atoms with E-state index in [0.717, 1.165) is 22.4 Å². The van der Waals surface area contributed by atoms with Crippen LogP contribution in [0.5, 0.6) is 0 Å². The Bertz CT molecular complexity index is 1450. The molecule has 0 aliphatic carbocycles. The lowest BCUT2D eigenvalue weighted by Gasteiger charge is -2.19. The average Bonchev–Trinajstić information content (AvgIpc) is 3.51. The number of nitrogens with zero attached hydrogens (tertiary/aromatic N) is 4. The van der Waals surface area contributed by atoms with E-state index in [1.165, 1.54) is 12.1 Å². The molecule has 0 aliphatic rings. The number of carbonyl (C=O) groups is 1. The van der Waals surface area contributed by atoms with Crippen LogP contribution < -0.4 is 5.32 Å². The predicted octanol–water partition coefficient (Wildman–Crippen LogP) is 5.24. The summed E-state index contributed by atoms with van der Waals surface area (Å²) in [6.45, 7) is 2.01. The van der Waals surface area contributed by atoms with Gasteiger partial charge >= 0.3 is 0 Å². The fourth-order valence-corrected chi connectivity index (χ4v) is 3.99. The van der Waals surface area contributed by atoms with Gasteiger partial charge in [-0.3, -0.25) is 4.79 Å². The molecule has 0 saturated heterocycles. The highest BCUT2D eigenvalue weighted by atomic mass is 19.1. The Morgan fingerprint density at radius 1 is 0.971 bits per heavy atom. The smallest absolute Gasteiger partial charge is 0.255 e. The SMILES string of the molecule is Cc1ccc(-c2nn(-c3ccccc3)cc2C(=O)N[C@@H](c2ccc(F)cc2)c2nccn2C)cc1. The lowest BCUT2D eigenvalue weighted by Crippen LogP contribution is -2.31. The van der Waals surface area contributed by atoms with E-state index in [0.29, 0.717) is 17.1 Å². The summed E-state index contributed by atoms with van der Waals surface area (Å²) in [5.41, 5.74) is 4.53. The molecule has 0 radical (unpaired) electrons. The van der Waals surface area contributed by atoms with Crippen molar-refractivity contribution < 1.29 is 9.18 Å². The second-order valence-corrected chi connectivity index (χ2v) is 8.39. The zero-order chi connectivity index (χ0) is 24.4. The van der Waals surface area contributed by atoms with Gasteiger partial charge in [-0.1, -0.05) is 60.2 Å². The summed E-state index contributed by atoms with van der Waals surface area (Å²) in [6.07, 6.45) is 5.21. The molecule has 1 amide bonds. The molecule has 0 bridgehead atoms. The predicted molar refractivity (Wildman–Crippen MR) is 133 cm³/mol. The van der Waals surface area contributed by atoms with Crippen LogP contribution in [0.3, 0.4) is 0 Å². The summed E-state index contributed by atoms with van der Waals surface area (Å²) < 4.78 is 17.2.